The Hall–Kier alpha value is -1.59. The van der Waals surface area contributed by atoms with Gasteiger partial charge in [-0.1, -0.05) is 17.7 Å². The Bertz CT molecular complexity index is 575. The molecule has 1 atom stereocenters. The van der Waals surface area contributed by atoms with Gasteiger partial charge in [0.1, 0.15) is 6.42 Å². The topological polar surface area (TPSA) is 52.7 Å². The van der Waals surface area contributed by atoms with Crippen molar-refractivity contribution in [3.63, 3.8) is 0 Å². The summed E-state index contributed by atoms with van der Waals surface area (Å²) in [7, 11) is 4.01. The van der Waals surface area contributed by atoms with E-state index in [1.807, 2.05) is 21.0 Å². The molecule has 1 aliphatic rings. The van der Waals surface area contributed by atoms with Crippen molar-refractivity contribution >= 4 is 29.1 Å². The van der Waals surface area contributed by atoms with E-state index in [2.05, 4.69) is 10.2 Å². The van der Waals surface area contributed by atoms with Crippen LogP contribution in [-0.2, 0) is 9.59 Å². The van der Waals surface area contributed by atoms with Gasteiger partial charge in [-0.05, 0) is 45.1 Å². The standard InChI is InChI=1S/C16H22ClN3O2/c1-11-13(17)5-4-6-14(11)18-15(21)9-16(22)20-8-7-12(10-20)19(2)3/h4-6,12H,7-10H2,1-3H3,(H,18,21). The molecular weight excluding hydrogens is 302 g/mol. The highest BCUT2D eigenvalue weighted by atomic mass is 35.5. The first-order valence-electron chi connectivity index (χ1n) is 7.37. The van der Waals surface area contributed by atoms with Crippen molar-refractivity contribution < 1.29 is 9.59 Å². The smallest absolute Gasteiger partial charge is 0.233 e. The number of halogens is 1. The Morgan fingerprint density at radius 2 is 2.14 bits per heavy atom. The number of benzene rings is 1. The van der Waals surface area contributed by atoms with Crippen molar-refractivity contribution in [1.29, 1.82) is 0 Å². The molecule has 0 saturated carbocycles. The van der Waals surface area contributed by atoms with E-state index in [4.69, 9.17) is 11.6 Å². The predicted molar refractivity (Wildman–Crippen MR) is 88.1 cm³/mol. The monoisotopic (exact) mass is 323 g/mol. The van der Waals surface area contributed by atoms with E-state index >= 15 is 0 Å². The minimum Gasteiger partial charge on any atom is -0.341 e. The SMILES string of the molecule is Cc1c(Cl)cccc1NC(=O)CC(=O)N1CCC(N(C)C)C1. The molecule has 2 rings (SSSR count). The number of likely N-dealkylation sites (tertiary alicyclic amines) is 1. The summed E-state index contributed by atoms with van der Waals surface area (Å²) in [6, 6.07) is 5.70. The number of likely N-dealkylation sites (N-methyl/N-ethyl adjacent to an activating group) is 1. The molecule has 5 nitrogen and oxygen atoms in total. The van der Waals surface area contributed by atoms with E-state index < -0.39 is 0 Å². The van der Waals surface area contributed by atoms with Crippen LogP contribution < -0.4 is 5.32 Å². The Kier molecular flexibility index (Phi) is 5.42. The number of hydrogen-bond donors (Lipinski definition) is 1. The number of nitrogens with one attached hydrogen (secondary N) is 1. The maximum atomic E-state index is 12.2. The van der Waals surface area contributed by atoms with Gasteiger partial charge < -0.3 is 15.1 Å². The number of rotatable bonds is 4. The predicted octanol–water partition coefficient (Wildman–Crippen LogP) is 2.14. The number of hydrogen-bond acceptors (Lipinski definition) is 3. The zero-order chi connectivity index (χ0) is 16.3. The van der Waals surface area contributed by atoms with Crippen molar-refractivity contribution in [2.24, 2.45) is 0 Å². The van der Waals surface area contributed by atoms with E-state index in [1.54, 1.807) is 23.1 Å². The fraction of sp³-hybridized carbons (Fsp3) is 0.500. The molecule has 6 heteroatoms. The van der Waals surface area contributed by atoms with E-state index in [0.29, 0.717) is 29.8 Å². The zero-order valence-electron chi connectivity index (χ0n) is 13.2. The second-order valence-electron chi connectivity index (χ2n) is 5.88. The minimum atomic E-state index is -0.302. The second kappa shape index (κ2) is 7.11. The lowest BCUT2D eigenvalue weighted by Crippen LogP contribution is -2.36. The summed E-state index contributed by atoms with van der Waals surface area (Å²) in [6.45, 7) is 3.24. The van der Waals surface area contributed by atoms with Crippen LogP contribution in [0.4, 0.5) is 5.69 Å². The summed E-state index contributed by atoms with van der Waals surface area (Å²) in [5.74, 6) is -0.426. The normalized spacial score (nSPS) is 17.9. The van der Waals surface area contributed by atoms with Crippen LogP contribution in [0.15, 0.2) is 18.2 Å². The third-order valence-corrected chi connectivity index (χ3v) is 4.51. The Morgan fingerprint density at radius 3 is 2.77 bits per heavy atom. The van der Waals surface area contributed by atoms with Crippen LogP contribution in [0.5, 0.6) is 0 Å². The third kappa shape index (κ3) is 3.99. The van der Waals surface area contributed by atoms with Crippen LogP contribution in [-0.4, -0.2) is 54.8 Å². The largest absolute Gasteiger partial charge is 0.341 e. The number of amides is 2. The van der Waals surface area contributed by atoms with Crippen molar-refractivity contribution in [3.05, 3.63) is 28.8 Å². The van der Waals surface area contributed by atoms with Crippen LogP contribution in [0.25, 0.3) is 0 Å². The molecule has 1 unspecified atom stereocenters. The molecule has 22 heavy (non-hydrogen) atoms. The molecule has 1 aromatic carbocycles. The molecule has 1 saturated heterocycles. The van der Waals surface area contributed by atoms with E-state index in [0.717, 1.165) is 12.0 Å². The van der Waals surface area contributed by atoms with E-state index in [-0.39, 0.29) is 18.2 Å². The van der Waals surface area contributed by atoms with Gasteiger partial charge in [0.05, 0.1) is 0 Å². The molecule has 0 spiro atoms. The second-order valence-corrected chi connectivity index (χ2v) is 6.29. The van der Waals surface area contributed by atoms with E-state index in [1.165, 1.54) is 0 Å². The van der Waals surface area contributed by atoms with Gasteiger partial charge in [0.25, 0.3) is 0 Å². The highest BCUT2D eigenvalue weighted by molar-refractivity contribution is 6.31. The quantitative estimate of drug-likeness (QED) is 0.864. The van der Waals surface area contributed by atoms with Crippen LogP contribution in [0.1, 0.15) is 18.4 Å². The van der Waals surface area contributed by atoms with Crippen molar-refractivity contribution in [2.45, 2.75) is 25.8 Å². The fourth-order valence-electron chi connectivity index (χ4n) is 2.58. The molecule has 0 aliphatic carbocycles. The Labute approximate surface area is 136 Å². The van der Waals surface area contributed by atoms with Gasteiger partial charge in [0.2, 0.25) is 11.8 Å². The molecule has 1 aliphatic heterocycles. The lowest BCUT2D eigenvalue weighted by molar-refractivity contribution is -0.133. The summed E-state index contributed by atoms with van der Waals surface area (Å²) in [5, 5.41) is 3.35. The number of nitrogens with zero attached hydrogens (tertiary/aromatic N) is 2. The molecule has 1 fully saturated rings. The first kappa shape index (κ1) is 16.8. The third-order valence-electron chi connectivity index (χ3n) is 4.10. The van der Waals surface area contributed by atoms with Gasteiger partial charge in [-0.2, -0.15) is 0 Å². The maximum absolute atomic E-state index is 12.2. The first-order valence-corrected chi connectivity index (χ1v) is 7.75. The van der Waals surface area contributed by atoms with Crippen molar-refractivity contribution in [2.75, 3.05) is 32.5 Å². The highest BCUT2D eigenvalue weighted by Crippen LogP contribution is 2.23. The molecule has 120 valence electrons. The minimum absolute atomic E-state index is 0.124. The highest BCUT2D eigenvalue weighted by Gasteiger charge is 2.28. The van der Waals surface area contributed by atoms with Gasteiger partial charge >= 0.3 is 0 Å². The van der Waals surface area contributed by atoms with Gasteiger partial charge in [0, 0.05) is 29.8 Å². The van der Waals surface area contributed by atoms with Crippen LogP contribution in [0.2, 0.25) is 5.02 Å². The lowest BCUT2D eigenvalue weighted by atomic mass is 10.2. The average Bonchev–Trinajstić information content (AvgIpc) is 2.94. The van der Waals surface area contributed by atoms with Gasteiger partial charge in [-0.15, -0.1) is 0 Å². The molecule has 1 N–H and O–H groups in total. The molecule has 0 bridgehead atoms. The molecule has 1 heterocycles. The van der Waals surface area contributed by atoms with Gasteiger partial charge in [-0.3, -0.25) is 9.59 Å². The Morgan fingerprint density at radius 1 is 1.41 bits per heavy atom. The van der Waals surface area contributed by atoms with E-state index in [9.17, 15) is 9.59 Å². The summed E-state index contributed by atoms with van der Waals surface area (Å²) in [5.41, 5.74) is 1.46. The summed E-state index contributed by atoms with van der Waals surface area (Å²) < 4.78 is 0. The summed E-state index contributed by atoms with van der Waals surface area (Å²) in [6.07, 6.45) is 0.819. The summed E-state index contributed by atoms with van der Waals surface area (Å²) >= 11 is 6.02. The summed E-state index contributed by atoms with van der Waals surface area (Å²) in [4.78, 5) is 28.1. The van der Waals surface area contributed by atoms with Gasteiger partial charge in [0.15, 0.2) is 0 Å². The Balaban J connectivity index is 1.90. The van der Waals surface area contributed by atoms with Crippen LogP contribution in [0, 0.1) is 6.92 Å². The van der Waals surface area contributed by atoms with Crippen LogP contribution in [0.3, 0.4) is 0 Å². The number of carbonyl (C=O) groups is 2. The first-order chi connectivity index (χ1) is 10.4. The molecule has 2 amide bonds. The zero-order valence-corrected chi connectivity index (χ0v) is 14.0. The number of carbonyl (C=O) groups excluding carboxylic acids is 2. The number of anilines is 1. The van der Waals surface area contributed by atoms with Crippen LogP contribution >= 0.6 is 11.6 Å². The van der Waals surface area contributed by atoms with Crippen molar-refractivity contribution in [3.8, 4) is 0 Å². The molecule has 0 radical (unpaired) electrons. The van der Waals surface area contributed by atoms with Crippen molar-refractivity contribution in [1.82, 2.24) is 9.80 Å². The lowest BCUT2D eigenvalue weighted by Gasteiger charge is -2.20. The molecule has 1 aromatic rings. The maximum Gasteiger partial charge on any atom is 0.233 e. The fourth-order valence-corrected chi connectivity index (χ4v) is 2.75. The molecule has 0 aromatic heterocycles. The molecular formula is C16H22ClN3O2. The average molecular weight is 324 g/mol. The van der Waals surface area contributed by atoms with Gasteiger partial charge in [-0.25, -0.2) is 0 Å².